The zero-order chi connectivity index (χ0) is 43.7. The Kier molecular flexibility index (Phi) is 10.8. The number of benzene rings is 7. The molecule has 0 aromatic heterocycles. The fourth-order valence-corrected chi connectivity index (χ4v) is 10.4. The van der Waals surface area contributed by atoms with Crippen molar-refractivity contribution in [2.24, 2.45) is 5.92 Å². The molecule has 0 radical (unpaired) electrons. The van der Waals surface area contributed by atoms with Crippen LogP contribution in [0.15, 0.2) is 183 Å². The Hall–Kier alpha value is -7.42. The van der Waals surface area contributed by atoms with Crippen molar-refractivity contribution in [3.63, 3.8) is 0 Å². The van der Waals surface area contributed by atoms with Crippen molar-refractivity contribution in [3.8, 4) is 34.1 Å². The van der Waals surface area contributed by atoms with Gasteiger partial charge in [-0.15, -0.1) is 0 Å². The van der Waals surface area contributed by atoms with Gasteiger partial charge >= 0.3 is 11.9 Å². The number of hydrogen-bond acceptors (Lipinski definition) is 8. The summed E-state index contributed by atoms with van der Waals surface area (Å²) in [4.78, 5) is 25.6. The Morgan fingerprint density at radius 2 is 1.09 bits per heavy atom. The van der Waals surface area contributed by atoms with Crippen LogP contribution in [0.1, 0.15) is 56.8 Å². The highest BCUT2D eigenvalue weighted by Gasteiger charge is 2.58. The Labute approximate surface area is 372 Å². The van der Waals surface area contributed by atoms with Gasteiger partial charge in [-0.1, -0.05) is 128 Å². The first-order chi connectivity index (χ1) is 31.4. The molecule has 8 nitrogen and oxygen atoms in total. The van der Waals surface area contributed by atoms with E-state index in [4.69, 9.17) is 28.4 Å². The smallest absolute Gasteiger partial charge is 0.330 e. The lowest BCUT2D eigenvalue weighted by atomic mass is 9.56. The Morgan fingerprint density at radius 3 is 1.70 bits per heavy atom. The van der Waals surface area contributed by atoms with Crippen LogP contribution in [0.3, 0.4) is 0 Å². The lowest BCUT2D eigenvalue weighted by Crippen LogP contribution is -2.52. The fourth-order valence-electron chi connectivity index (χ4n) is 10.4. The highest BCUT2D eigenvalue weighted by atomic mass is 16.6. The molecular weight excluding hydrogens is 801 g/mol. The molecular formula is C56H46O8. The normalized spacial score (nSPS) is 18.1. The van der Waals surface area contributed by atoms with Gasteiger partial charge in [0.2, 0.25) is 0 Å². The molecule has 7 aromatic rings. The van der Waals surface area contributed by atoms with Crippen LogP contribution in [-0.4, -0.2) is 45.5 Å². The summed E-state index contributed by atoms with van der Waals surface area (Å²) in [5.41, 5.74) is 9.45. The minimum atomic E-state index is -1.01. The van der Waals surface area contributed by atoms with Crippen molar-refractivity contribution in [2.75, 3.05) is 33.5 Å². The maximum Gasteiger partial charge on any atom is 0.330 e. The van der Waals surface area contributed by atoms with E-state index in [9.17, 15) is 9.59 Å². The van der Waals surface area contributed by atoms with Crippen molar-refractivity contribution >= 4 is 11.9 Å². The molecule has 0 aliphatic heterocycles. The molecule has 0 saturated heterocycles. The summed E-state index contributed by atoms with van der Waals surface area (Å²) < 4.78 is 35.9. The van der Waals surface area contributed by atoms with E-state index in [1.807, 2.05) is 78.9 Å². The number of esters is 2. The molecule has 11 rings (SSSR count). The first-order valence-electron chi connectivity index (χ1n) is 21.6. The van der Waals surface area contributed by atoms with Gasteiger partial charge in [-0.2, -0.15) is 0 Å². The van der Waals surface area contributed by atoms with Gasteiger partial charge in [0.1, 0.15) is 55.0 Å². The number of carbonyl (C=O) groups excluding carboxylic acids is 2. The molecule has 7 aromatic carbocycles. The Bertz CT molecular complexity index is 2810. The van der Waals surface area contributed by atoms with E-state index in [0.717, 1.165) is 51.0 Å². The second-order valence-corrected chi connectivity index (χ2v) is 16.2. The minimum Gasteiger partial charge on any atom is -0.490 e. The van der Waals surface area contributed by atoms with Gasteiger partial charge in [-0.05, 0) is 111 Å². The average Bonchev–Trinajstić information content (AvgIpc) is 3.65. The minimum absolute atomic E-state index is 0.0242. The molecule has 0 saturated carbocycles. The number of para-hydroxylation sites is 1. The summed E-state index contributed by atoms with van der Waals surface area (Å²) in [7, 11) is 1.68. The molecule has 318 valence electrons. The molecule has 8 heteroatoms. The molecule has 0 heterocycles. The molecule has 2 bridgehead atoms. The number of fused-ring (bicyclic) bond motifs is 4. The van der Waals surface area contributed by atoms with Gasteiger partial charge in [-0.25, -0.2) is 4.79 Å². The first-order valence-corrected chi connectivity index (χ1v) is 21.6. The van der Waals surface area contributed by atoms with E-state index in [-0.39, 0.29) is 38.3 Å². The van der Waals surface area contributed by atoms with E-state index < -0.39 is 22.9 Å². The van der Waals surface area contributed by atoms with Crippen molar-refractivity contribution in [3.05, 3.63) is 227 Å². The number of carbonyl (C=O) groups is 2. The van der Waals surface area contributed by atoms with E-state index >= 15 is 0 Å². The Morgan fingerprint density at radius 1 is 0.562 bits per heavy atom. The molecule has 0 amide bonds. The third-order valence-electron chi connectivity index (χ3n) is 13.0. The molecule has 4 aliphatic rings. The number of hydrogen-bond donors (Lipinski definition) is 0. The second-order valence-electron chi connectivity index (χ2n) is 16.2. The molecule has 3 atom stereocenters. The maximum atomic E-state index is 14.2. The van der Waals surface area contributed by atoms with Gasteiger partial charge in [0, 0.05) is 19.1 Å². The van der Waals surface area contributed by atoms with E-state index in [1.165, 1.54) is 22.3 Å². The lowest BCUT2D eigenvalue weighted by Gasteiger charge is -2.52. The monoisotopic (exact) mass is 846 g/mol. The molecule has 3 unspecified atom stereocenters. The van der Waals surface area contributed by atoms with Crippen LogP contribution in [0.4, 0.5) is 0 Å². The van der Waals surface area contributed by atoms with Crippen LogP contribution < -0.4 is 14.2 Å². The summed E-state index contributed by atoms with van der Waals surface area (Å²) in [5, 5.41) is 0. The number of ether oxygens (including phenoxy) is 6. The molecule has 64 heavy (non-hydrogen) atoms. The molecule has 4 aliphatic carbocycles. The van der Waals surface area contributed by atoms with Crippen LogP contribution >= 0.6 is 0 Å². The predicted octanol–water partition coefficient (Wildman–Crippen LogP) is 10.9. The van der Waals surface area contributed by atoms with Gasteiger partial charge in [0.15, 0.2) is 0 Å². The highest BCUT2D eigenvalue weighted by molar-refractivity contribution is 5.86. The zero-order valence-electron chi connectivity index (χ0n) is 35.4. The summed E-state index contributed by atoms with van der Waals surface area (Å²) >= 11 is 0. The summed E-state index contributed by atoms with van der Waals surface area (Å²) in [6.45, 7) is 4.04. The van der Waals surface area contributed by atoms with Gasteiger partial charge < -0.3 is 28.4 Å². The van der Waals surface area contributed by atoms with E-state index in [0.29, 0.717) is 17.9 Å². The van der Waals surface area contributed by atoms with Crippen LogP contribution in [-0.2, 0) is 34.8 Å². The Balaban J connectivity index is 0.860. The third kappa shape index (κ3) is 6.82. The topological polar surface area (TPSA) is 89.5 Å². The maximum absolute atomic E-state index is 14.2. The lowest BCUT2D eigenvalue weighted by molar-refractivity contribution is -0.163. The largest absolute Gasteiger partial charge is 0.490 e. The summed E-state index contributed by atoms with van der Waals surface area (Å²) in [5.74, 6) is 1.46. The third-order valence-corrected chi connectivity index (χ3v) is 13.0. The standard InChI is InChI=1S/C56H46O8/c1-3-53(57)62-33-31-60-39-25-21-37(22-26-39)55(48-18-10-7-15-43(48)44-16-8-11-19-49(44)55)38-23-27-40(28-24-38)61-32-34-63-54(58)52-36-46-45-17-9-12-20-50(45)56(52,59-2)51-30-29-42(35-47(46)51)64-41-13-5-4-6-14-41/h3-30,35,46,52H,1,31-34,36H2,2H3. The van der Waals surface area contributed by atoms with E-state index in [1.54, 1.807) is 7.11 Å². The van der Waals surface area contributed by atoms with Crippen LogP contribution in [0.5, 0.6) is 23.0 Å². The quantitative estimate of drug-likeness (QED) is 0.0573. The number of methoxy groups -OCH3 is 1. The van der Waals surface area contributed by atoms with Crippen molar-refractivity contribution in [1.82, 2.24) is 0 Å². The van der Waals surface area contributed by atoms with Crippen molar-refractivity contribution < 1.29 is 38.0 Å². The van der Waals surface area contributed by atoms with Crippen LogP contribution in [0, 0.1) is 5.92 Å². The average molecular weight is 847 g/mol. The SMILES string of the molecule is C=CC(=O)OCCOc1ccc(C2(c3ccc(OCCOC(=O)C4CC5c6ccccc6C4(OC)c4ccc(Oc6ccccc6)cc45)cc3)c3ccccc3-c3ccccc32)cc1. The fraction of sp³-hybridized carbons (Fsp3) is 0.179. The van der Waals surface area contributed by atoms with Gasteiger partial charge in [0.25, 0.3) is 0 Å². The molecule has 0 fully saturated rings. The summed E-state index contributed by atoms with van der Waals surface area (Å²) in [6.07, 6.45) is 1.68. The highest BCUT2D eigenvalue weighted by Crippen LogP contribution is 2.60. The predicted molar refractivity (Wildman–Crippen MR) is 244 cm³/mol. The van der Waals surface area contributed by atoms with Crippen LogP contribution in [0.25, 0.3) is 11.1 Å². The molecule has 0 N–H and O–H groups in total. The zero-order valence-corrected chi connectivity index (χ0v) is 35.4. The molecule has 0 spiro atoms. The van der Waals surface area contributed by atoms with Crippen molar-refractivity contribution in [1.29, 1.82) is 0 Å². The van der Waals surface area contributed by atoms with Crippen LogP contribution in [0.2, 0.25) is 0 Å². The van der Waals surface area contributed by atoms with E-state index in [2.05, 4.69) is 97.6 Å². The second kappa shape index (κ2) is 17.0. The van der Waals surface area contributed by atoms with Crippen molar-refractivity contribution in [2.45, 2.75) is 23.4 Å². The summed E-state index contributed by atoms with van der Waals surface area (Å²) in [6, 6.07) is 57.4. The van der Waals surface area contributed by atoms with Gasteiger partial charge in [-0.3, -0.25) is 4.79 Å². The first kappa shape index (κ1) is 40.6. The van der Waals surface area contributed by atoms with Gasteiger partial charge in [0.05, 0.1) is 11.3 Å². The number of rotatable bonds is 15.